The Kier molecular flexibility index (Phi) is 3.09. The molecule has 0 bridgehead atoms. The van der Waals surface area contributed by atoms with Crippen molar-refractivity contribution in [2.45, 2.75) is 19.8 Å². The van der Waals surface area contributed by atoms with E-state index in [9.17, 15) is 4.79 Å². The van der Waals surface area contributed by atoms with Gasteiger partial charge >= 0.3 is 5.97 Å². The second-order valence-corrected chi connectivity index (χ2v) is 4.38. The number of carbonyl (C=O) groups is 1. The van der Waals surface area contributed by atoms with Gasteiger partial charge in [-0.1, -0.05) is 32.0 Å². The molecule has 0 saturated heterocycles. The molecule has 0 aliphatic carbocycles. The highest BCUT2D eigenvalue weighted by molar-refractivity contribution is 5.79. The molecule has 2 unspecified atom stereocenters. The predicted molar refractivity (Wildman–Crippen MR) is 67.0 cm³/mol. The molecule has 0 aliphatic rings. The van der Waals surface area contributed by atoms with E-state index in [1.165, 1.54) is 0 Å². The Morgan fingerprint density at radius 3 is 2.71 bits per heavy atom. The molecule has 0 radical (unpaired) electrons. The maximum Gasteiger partial charge on any atom is 0.306 e. The standard InChI is InChI=1S/C14H15NO2/c1-9(10(2)14(16)17)12-7-11-5-3-4-6-13(11)15-8-12/h3-10H,1-2H3,(H,16,17). The zero-order valence-electron chi connectivity index (χ0n) is 9.92. The first kappa shape index (κ1) is 11.6. The molecule has 2 atom stereocenters. The summed E-state index contributed by atoms with van der Waals surface area (Å²) in [5.41, 5.74) is 1.91. The first-order valence-corrected chi connectivity index (χ1v) is 5.67. The molecule has 0 aliphatic heterocycles. The molecule has 1 N–H and O–H groups in total. The van der Waals surface area contributed by atoms with Crippen molar-refractivity contribution in [2.24, 2.45) is 5.92 Å². The lowest BCUT2D eigenvalue weighted by atomic mass is 9.89. The SMILES string of the molecule is CC(C(=O)O)C(C)c1cnc2ccccc2c1. The predicted octanol–water partition coefficient (Wildman–Crippen LogP) is 3.06. The van der Waals surface area contributed by atoms with Crippen LogP contribution >= 0.6 is 0 Å². The highest BCUT2D eigenvalue weighted by Gasteiger charge is 2.21. The molecule has 3 nitrogen and oxygen atoms in total. The number of aliphatic carboxylic acids is 1. The molecule has 0 amide bonds. The molecule has 0 saturated carbocycles. The summed E-state index contributed by atoms with van der Waals surface area (Å²) in [7, 11) is 0. The van der Waals surface area contributed by atoms with Crippen LogP contribution in [-0.4, -0.2) is 16.1 Å². The van der Waals surface area contributed by atoms with Crippen LogP contribution in [0, 0.1) is 5.92 Å². The van der Waals surface area contributed by atoms with Gasteiger partial charge in [0.2, 0.25) is 0 Å². The van der Waals surface area contributed by atoms with Gasteiger partial charge in [0.1, 0.15) is 0 Å². The summed E-state index contributed by atoms with van der Waals surface area (Å²) in [6.45, 7) is 3.65. The second kappa shape index (κ2) is 4.53. The topological polar surface area (TPSA) is 50.2 Å². The van der Waals surface area contributed by atoms with Gasteiger partial charge in [-0.25, -0.2) is 0 Å². The Balaban J connectivity index is 2.39. The van der Waals surface area contributed by atoms with Gasteiger partial charge in [0.05, 0.1) is 11.4 Å². The molecule has 1 aromatic carbocycles. The zero-order valence-corrected chi connectivity index (χ0v) is 9.92. The fourth-order valence-electron chi connectivity index (χ4n) is 1.84. The van der Waals surface area contributed by atoms with Gasteiger partial charge < -0.3 is 5.11 Å². The summed E-state index contributed by atoms with van der Waals surface area (Å²) < 4.78 is 0. The molecule has 2 aromatic rings. The minimum Gasteiger partial charge on any atom is -0.481 e. The van der Waals surface area contributed by atoms with Gasteiger partial charge in [0, 0.05) is 11.6 Å². The van der Waals surface area contributed by atoms with Crippen molar-refractivity contribution in [1.29, 1.82) is 0 Å². The zero-order chi connectivity index (χ0) is 12.4. The summed E-state index contributed by atoms with van der Waals surface area (Å²) in [5, 5.41) is 10.1. The third-order valence-electron chi connectivity index (χ3n) is 3.28. The molecule has 1 heterocycles. The average Bonchev–Trinajstić information content (AvgIpc) is 2.36. The number of nitrogens with zero attached hydrogens (tertiary/aromatic N) is 1. The lowest BCUT2D eigenvalue weighted by molar-refractivity contribution is -0.141. The number of rotatable bonds is 3. The van der Waals surface area contributed by atoms with Gasteiger partial charge in [-0.15, -0.1) is 0 Å². The minimum atomic E-state index is -0.773. The Morgan fingerprint density at radius 2 is 2.00 bits per heavy atom. The number of carboxylic acid groups (broad SMARTS) is 1. The summed E-state index contributed by atoms with van der Waals surface area (Å²) in [5.74, 6) is -1.21. The summed E-state index contributed by atoms with van der Waals surface area (Å²) in [4.78, 5) is 15.3. The number of hydrogen-bond donors (Lipinski definition) is 1. The Hall–Kier alpha value is -1.90. The van der Waals surface area contributed by atoms with E-state index in [1.807, 2.05) is 37.3 Å². The van der Waals surface area contributed by atoms with Crippen molar-refractivity contribution in [3.8, 4) is 0 Å². The average molecular weight is 229 g/mol. The summed E-state index contributed by atoms with van der Waals surface area (Å²) in [6.07, 6.45) is 1.77. The number of para-hydroxylation sites is 1. The van der Waals surface area contributed by atoms with Crippen molar-refractivity contribution in [2.75, 3.05) is 0 Å². The molecular formula is C14H15NO2. The van der Waals surface area contributed by atoms with E-state index in [-0.39, 0.29) is 5.92 Å². The van der Waals surface area contributed by atoms with Crippen molar-refractivity contribution < 1.29 is 9.90 Å². The lowest BCUT2D eigenvalue weighted by Crippen LogP contribution is -2.16. The fourth-order valence-corrected chi connectivity index (χ4v) is 1.84. The highest BCUT2D eigenvalue weighted by atomic mass is 16.4. The van der Waals surface area contributed by atoms with E-state index in [0.717, 1.165) is 16.5 Å². The number of benzene rings is 1. The molecule has 3 heteroatoms. The van der Waals surface area contributed by atoms with Gasteiger partial charge in [-0.3, -0.25) is 9.78 Å². The molecule has 2 rings (SSSR count). The minimum absolute atomic E-state index is 0.0374. The molecule has 17 heavy (non-hydrogen) atoms. The third-order valence-corrected chi connectivity index (χ3v) is 3.28. The third kappa shape index (κ3) is 2.28. The number of aromatic nitrogens is 1. The number of hydrogen-bond acceptors (Lipinski definition) is 2. The maximum absolute atomic E-state index is 11.0. The molecule has 1 aromatic heterocycles. The van der Waals surface area contributed by atoms with Crippen molar-refractivity contribution >= 4 is 16.9 Å². The first-order chi connectivity index (χ1) is 8.09. The van der Waals surface area contributed by atoms with E-state index >= 15 is 0 Å². The molecule has 88 valence electrons. The first-order valence-electron chi connectivity index (χ1n) is 5.67. The smallest absolute Gasteiger partial charge is 0.306 e. The van der Waals surface area contributed by atoms with E-state index in [4.69, 9.17) is 5.11 Å². The van der Waals surface area contributed by atoms with E-state index in [0.29, 0.717) is 0 Å². The number of carboxylic acids is 1. The van der Waals surface area contributed by atoms with Crippen LogP contribution in [0.25, 0.3) is 10.9 Å². The van der Waals surface area contributed by atoms with Crippen LogP contribution in [0.2, 0.25) is 0 Å². The van der Waals surface area contributed by atoms with Gasteiger partial charge in [-0.05, 0) is 23.6 Å². The van der Waals surface area contributed by atoms with Crippen LogP contribution in [0.3, 0.4) is 0 Å². The van der Waals surface area contributed by atoms with Crippen LogP contribution in [0.15, 0.2) is 36.5 Å². The summed E-state index contributed by atoms with van der Waals surface area (Å²) >= 11 is 0. The van der Waals surface area contributed by atoms with Gasteiger partial charge in [0.25, 0.3) is 0 Å². The molecule has 0 spiro atoms. The van der Waals surface area contributed by atoms with E-state index in [2.05, 4.69) is 4.98 Å². The van der Waals surface area contributed by atoms with Crippen LogP contribution in [-0.2, 0) is 4.79 Å². The largest absolute Gasteiger partial charge is 0.481 e. The van der Waals surface area contributed by atoms with Crippen LogP contribution in [0.4, 0.5) is 0 Å². The van der Waals surface area contributed by atoms with Crippen LogP contribution in [0.5, 0.6) is 0 Å². The number of fused-ring (bicyclic) bond motifs is 1. The van der Waals surface area contributed by atoms with Gasteiger partial charge in [0.15, 0.2) is 0 Å². The van der Waals surface area contributed by atoms with Crippen LogP contribution < -0.4 is 0 Å². The molecule has 0 fully saturated rings. The van der Waals surface area contributed by atoms with Crippen molar-refractivity contribution in [3.63, 3.8) is 0 Å². The Morgan fingerprint density at radius 1 is 1.29 bits per heavy atom. The molecular weight excluding hydrogens is 214 g/mol. The monoisotopic (exact) mass is 229 g/mol. The Bertz CT molecular complexity index is 551. The lowest BCUT2D eigenvalue weighted by Gasteiger charge is -2.16. The van der Waals surface area contributed by atoms with Crippen LogP contribution in [0.1, 0.15) is 25.3 Å². The van der Waals surface area contributed by atoms with E-state index in [1.54, 1.807) is 13.1 Å². The van der Waals surface area contributed by atoms with Crippen molar-refractivity contribution in [3.05, 3.63) is 42.1 Å². The van der Waals surface area contributed by atoms with E-state index < -0.39 is 11.9 Å². The maximum atomic E-state index is 11.0. The van der Waals surface area contributed by atoms with Gasteiger partial charge in [-0.2, -0.15) is 0 Å². The normalized spacial score (nSPS) is 14.5. The quantitative estimate of drug-likeness (QED) is 0.880. The Labute approximate surface area is 100 Å². The summed E-state index contributed by atoms with van der Waals surface area (Å²) in [6, 6.07) is 9.86. The fraction of sp³-hybridized carbons (Fsp3) is 0.286. The highest BCUT2D eigenvalue weighted by Crippen LogP contribution is 2.25. The second-order valence-electron chi connectivity index (χ2n) is 4.38. The number of pyridine rings is 1. The van der Waals surface area contributed by atoms with Crippen molar-refractivity contribution in [1.82, 2.24) is 4.98 Å².